The van der Waals surface area contributed by atoms with E-state index in [1.54, 1.807) is 12.1 Å². The number of rotatable bonds is 25. The summed E-state index contributed by atoms with van der Waals surface area (Å²) in [6.07, 6.45) is 33.3. The summed E-state index contributed by atoms with van der Waals surface area (Å²) in [7, 11) is 0. The summed E-state index contributed by atoms with van der Waals surface area (Å²) < 4.78 is 0. The first-order chi connectivity index (χ1) is 21.3. The van der Waals surface area contributed by atoms with Crippen LogP contribution in [0.1, 0.15) is 204 Å². The van der Waals surface area contributed by atoms with Gasteiger partial charge in [-0.3, -0.25) is 0 Å². The van der Waals surface area contributed by atoms with Gasteiger partial charge in [0.25, 0.3) is 0 Å². The number of carboxylic acids is 2. The van der Waals surface area contributed by atoms with Crippen molar-refractivity contribution in [3.8, 4) is 0 Å². The molecule has 0 fully saturated rings. The topological polar surface area (TPSA) is 80.3 Å². The van der Waals surface area contributed by atoms with Crippen LogP contribution in [0.3, 0.4) is 0 Å². The van der Waals surface area contributed by atoms with E-state index in [0.717, 1.165) is 31.2 Å². The summed E-state index contributed by atoms with van der Waals surface area (Å²) >= 11 is 0. The maximum Gasteiger partial charge on any atom is 2.00 e. The van der Waals surface area contributed by atoms with Gasteiger partial charge in [0.15, 0.2) is 0 Å². The number of aryl methyl sites for hydroxylation is 1. The second kappa shape index (κ2) is 45.1. The molecule has 260 valence electrons. The zero-order valence-corrected chi connectivity index (χ0v) is 33.1. The summed E-state index contributed by atoms with van der Waals surface area (Å²) in [6.45, 7) is 15.6. The van der Waals surface area contributed by atoms with Crippen molar-refractivity contribution in [3.63, 3.8) is 0 Å². The molecule has 0 N–H and O–H groups in total. The molecule has 0 saturated heterocycles. The Hall–Kier alpha value is -1.04. The van der Waals surface area contributed by atoms with Crippen LogP contribution in [0.5, 0.6) is 0 Å². The van der Waals surface area contributed by atoms with Crippen LogP contribution in [0.4, 0.5) is 0 Å². The summed E-state index contributed by atoms with van der Waals surface area (Å²) in [6, 6.07) is 6.63. The Bertz CT molecular complexity index is 699. The molecule has 4 nitrogen and oxygen atoms in total. The Morgan fingerprint density at radius 3 is 1.09 bits per heavy atom. The van der Waals surface area contributed by atoms with Gasteiger partial charge in [0, 0.05) is 5.97 Å². The fourth-order valence-corrected chi connectivity index (χ4v) is 4.47. The third kappa shape index (κ3) is 50.0. The summed E-state index contributed by atoms with van der Waals surface area (Å²) in [5, 5.41) is 20.5. The molecule has 0 atom stereocenters. The van der Waals surface area contributed by atoms with E-state index in [9.17, 15) is 19.8 Å². The van der Waals surface area contributed by atoms with Crippen LogP contribution < -0.4 is 10.2 Å². The first kappa shape index (κ1) is 50.8. The van der Waals surface area contributed by atoms with E-state index in [2.05, 4.69) is 34.6 Å². The molecule has 0 spiro atoms. The van der Waals surface area contributed by atoms with Crippen LogP contribution in [0.25, 0.3) is 0 Å². The van der Waals surface area contributed by atoms with Crippen LogP contribution >= 0.6 is 0 Å². The van der Waals surface area contributed by atoms with Crippen LogP contribution in [0.2, 0.25) is 0 Å². The Morgan fingerprint density at radius 2 is 0.867 bits per heavy atom. The van der Waals surface area contributed by atoms with Gasteiger partial charge in [-0.2, -0.15) is 0 Å². The minimum atomic E-state index is -1.12. The molecular weight excluding hydrogens is 663 g/mol. The number of carboxylic acid groups (broad SMARTS) is 2. The molecule has 0 heterocycles. The minimum absolute atomic E-state index is 0. The molecule has 0 saturated carbocycles. The van der Waals surface area contributed by atoms with Gasteiger partial charge in [0.2, 0.25) is 0 Å². The number of carbonyl (C=O) groups is 2. The van der Waals surface area contributed by atoms with E-state index >= 15 is 0 Å². The number of unbranched alkanes of at least 4 members (excludes halogenated alkanes) is 22. The quantitative estimate of drug-likeness (QED) is 0.0740. The van der Waals surface area contributed by atoms with Gasteiger partial charge in [0.1, 0.15) is 0 Å². The van der Waals surface area contributed by atoms with E-state index in [0.29, 0.717) is 0 Å². The number of hydrogen-bond donors (Lipinski definition) is 0. The largest absolute Gasteiger partial charge is 2.00 e. The molecule has 1 aromatic rings. The van der Waals surface area contributed by atoms with Gasteiger partial charge >= 0.3 is 23.9 Å². The second-order valence-corrected chi connectivity index (χ2v) is 12.1. The number of aromatic carboxylic acids is 1. The van der Waals surface area contributed by atoms with Crippen molar-refractivity contribution in [1.82, 2.24) is 0 Å². The average molecular weight is 736 g/mol. The van der Waals surface area contributed by atoms with Crippen molar-refractivity contribution in [3.05, 3.63) is 49.2 Å². The molecule has 0 amide bonds. The zero-order valence-electron chi connectivity index (χ0n) is 30.2. The standard InChI is InChI=1S/C24H48O2.C8H8O2.2C4H9.Sn/c1-2-3-4-5-6-7-8-9-10-11-12-13-14-15-16-17-18-19-20-21-22-23-24(25)26;1-6-3-2-4-7(5-6)8(9)10;2*1-3-4-2;/h2-23H2,1H3,(H,25,26);2-5H,1H3,(H,9,10);2*1,3-4H2,2H3;/q;;;;+2/p-2. The molecule has 1 rings (SSSR count). The Balaban J connectivity index is -0.000000358. The molecule has 0 aromatic heterocycles. The number of aliphatic carboxylic acids is 1. The first-order valence-electron chi connectivity index (χ1n) is 18.4. The Morgan fingerprint density at radius 1 is 0.556 bits per heavy atom. The first-order valence-corrected chi connectivity index (χ1v) is 18.4. The summed E-state index contributed by atoms with van der Waals surface area (Å²) in [5.74, 6) is -2.02. The fourth-order valence-electron chi connectivity index (χ4n) is 4.47. The third-order valence-corrected chi connectivity index (χ3v) is 7.45. The minimum Gasteiger partial charge on any atom is -0.550 e. The van der Waals surface area contributed by atoms with Gasteiger partial charge < -0.3 is 19.8 Å². The maximum atomic E-state index is 10.3. The van der Waals surface area contributed by atoms with E-state index in [1.165, 1.54) is 141 Å². The van der Waals surface area contributed by atoms with Crippen LogP contribution in [-0.2, 0) is 4.79 Å². The van der Waals surface area contributed by atoms with Gasteiger partial charge in [0.05, 0.1) is 5.97 Å². The van der Waals surface area contributed by atoms with Crippen LogP contribution in [-0.4, -0.2) is 35.8 Å². The predicted octanol–water partition coefficient (Wildman–Crippen LogP) is 10.6. The summed E-state index contributed by atoms with van der Waals surface area (Å²) in [5.41, 5.74) is 1.17. The smallest absolute Gasteiger partial charge is 0.550 e. The molecule has 0 unspecified atom stereocenters. The molecule has 0 aliphatic carbocycles. The molecule has 0 bridgehead atoms. The van der Waals surface area contributed by atoms with Crippen molar-refractivity contribution in [2.24, 2.45) is 0 Å². The molecular formula is C40H72O4Sn. The second-order valence-electron chi connectivity index (χ2n) is 12.1. The zero-order chi connectivity index (χ0) is 33.5. The van der Waals surface area contributed by atoms with Gasteiger partial charge in [-0.15, -0.1) is 0 Å². The monoisotopic (exact) mass is 736 g/mol. The molecule has 4 radical (unpaired) electrons. The Kier molecular flexibility index (Phi) is 50.9. The summed E-state index contributed by atoms with van der Waals surface area (Å²) in [4.78, 5) is 20.5. The van der Waals surface area contributed by atoms with Gasteiger partial charge in [-0.05, 0) is 25.3 Å². The molecule has 45 heavy (non-hydrogen) atoms. The van der Waals surface area contributed by atoms with Crippen molar-refractivity contribution in [1.29, 1.82) is 0 Å². The molecule has 1 aromatic carbocycles. The third-order valence-electron chi connectivity index (χ3n) is 7.45. The van der Waals surface area contributed by atoms with Crippen molar-refractivity contribution in [2.75, 3.05) is 0 Å². The number of carbonyl (C=O) groups excluding carboxylic acids is 2. The SMILES string of the molecule is CCCCCCCCCCCCCCCCCCCCCCCC(=O)[O-].Cc1cccc(C(=O)[O-])c1.[CH2]CCC.[CH2]CCC.[Sn+2]. The van der Waals surface area contributed by atoms with E-state index < -0.39 is 11.9 Å². The van der Waals surface area contributed by atoms with E-state index in [-0.39, 0.29) is 35.9 Å². The number of hydrogen-bond acceptors (Lipinski definition) is 4. The van der Waals surface area contributed by atoms with Gasteiger partial charge in [-0.25, -0.2) is 0 Å². The number of benzene rings is 1. The maximum absolute atomic E-state index is 10.3. The van der Waals surface area contributed by atoms with Crippen molar-refractivity contribution in [2.45, 2.75) is 195 Å². The van der Waals surface area contributed by atoms with Crippen LogP contribution in [0, 0.1) is 20.8 Å². The fraction of sp³-hybridized carbons (Fsp3) is 0.750. The Labute approximate surface area is 298 Å². The van der Waals surface area contributed by atoms with Gasteiger partial charge in [-0.1, -0.05) is 219 Å². The molecule has 5 heteroatoms. The van der Waals surface area contributed by atoms with Crippen molar-refractivity contribution >= 4 is 35.8 Å². The molecule has 0 aliphatic rings. The molecule has 0 aliphatic heterocycles. The predicted molar refractivity (Wildman–Crippen MR) is 194 cm³/mol. The average Bonchev–Trinajstić information content (AvgIpc) is 3.02. The van der Waals surface area contributed by atoms with Crippen molar-refractivity contribution < 1.29 is 19.8 Å². The van der Waals surface area contributed by atoms with E-state index in [1.807, 2.05) is 13.0 Å². The van der Waals surface area contributed by atoms with Crippen LogP contribution in [0.15, 0.2) is 24.3 Å². The normalized spacial score (nSPS) is 9.82. The van der Waals surface area contributed by atoms with E-state index in [4.69, 9.17) is 0 Å².